The summed E-state index contributed by atoms with van der Waals surface area (Å²) in [6, 6.07) is 1.11. The lowest BCUT2D eigenvalue weighted by Gasteiger charge is -2.14. The maximum Gasteiger partial charge on any atom is 0.416 e. The molecule has 0 radical (unpaired) electrons. The summed E-state index contributed by atoms with van der Waals surface area (Å²) < 4.78 is 82.0. The molecule has 0 fully saturated rings. The van der Waals surface area contributed by atoms with Gasteiger partial charge in [0.1, 0.15) is 0 Å². The molecule has 1 aromatic carbocycles. The van der Waals surface area contributed by atoms with Crippen LogP contribution in [0.4, 0.5) is 26.3 Å². The highest BCUT2D eigenvalue weighted by Crippen LogP contribution is 2.38. The van der Waals surface area contributed by atoms with Gasteiger partial charge < -0.3 is 4.52 Å². The summed E-state index contributed by atoms with van der Waals surface area (Å²) in [7, 11) is 0. The van der Waals surface area contributed by atoms with Crippen molar-refractivity contribution in [1.29, 1.82) is 0 Å². The number of halogens is 7. The first-order chi connectivity index (χ1) is 10.8. The van der Waals surface area contributed by atoms with Crippen LogP contribution in [0.1, 0.15) is 30.9 Å². The fourth-order valence-corrected chi connectivity index (χ4v) is 1.87. The molecule has 0 aliphatic rings. The van der Waals surface area contributed by atoms with Crippen LogP contribution in [0.5, 0.6) is 0 Å². The van der Waals surface area contributed by atoms with E-state index < -0.39 is 34.5 Å². The second-order valence-corrected chi connectivity index (χ2v) is 6.00. The van der Waals surface area contributed by atoms with Crippen molar-refractivity contribution >= 4 is 11.6 Å². The third-order valence-corrected chi connectivity index (χ3v) is 3.85. The summed E-state index contributed by atoms with van der Waals surface area (Å²) in [5.41, 5.74) is -4.12. The van der Waals surface area contributed by atoms with Crippen LogP contribution in [0.2, 0.25) is 0 Å². The van der Waals surface area contributed by atoms with E-state index >= 15 is 0 Å². The zero-order chi connectivity index (χ0) is 18.3. The van der Waals surface area contributed by atoms with Crippen molar-refractivity contribution in [2.45, 2.75) is 31.6 Å². The normalized spacial score (nSPS) is 13.4. The van der Waals surface area contributed by atoms with Gasteiger partial charge in [0.05, 0.1) is 16.5 Å². The van der Waals surface area contributed by atoms with Crippen molar-refractivity contribution in [1.82, 2.24) is 10.1 Å². The molecule has 0 amide bonds. The number of benzene rings is 1. The molecule has 3 nitrogen and oxygen atoms in total. The van der Waals surface area contributed by atoms with Crippen LogP contribution < -0.4 is 0 Å². The van der Waals surface area contributed by atoms with Crippen molar-refractivity contribution in [3.8, 4) is 11.4 Å². The smallest absolute Gasteiger partial charge is 0.338 e. The number of rotatable bonds is 3. The number of nitrogens with zero attached hydrogens (tertiary/aromatic N) is 2. The first-order valence-corrected chi connectivity index (χ1v) is 7.08. The first-order valence-electron chi connectivity index (χ1n) is 6.54. The van der Waals surface area contributed by atoms with E-state index in [0.717, 1.165) is 0 Å². The Hall–Kier alpha value is -1.77. The lowest BCUT2D eigenvalue weighted by atomic mass is 9.96. The minimum absolute atomic E-state index is 0.0125. The van der Waals surface area contributed by atoms with Crippen LogP contribution in [0.25, 0.3) is 11.4 Å². The van der Waals surface area contributed by atoms with E-state index in [4.69, 9.17) is 16.1 Å². The fourth-order valence-electron chi connectivity index (χ4n) is 1.76. The average molecular weight is 373 g/mol. The summed E-state index contributed by atoms with van der Waals surface area (Å²) >= 11 is 5.73. The number of alkyl halides is 7. The SMILES string of the molecule is CC(C)(CCl)c1nc(-c2cc(C(F)(F)F)cc(C(F)(F)F)c2)no1. The highest BCUT2D eigenvalue weighted by molar-refractivity contribution is 6.18. The molecule has 1 aromatic heterocycles. The van der Waals surface area contributed by atoms with Gasteiger partial charge in [0.25, 0.3) is 0 Å². The Morgan fingerprint density at radius 1 is 0.958 bits per heavy atom. The van der Waals surface area contributed by atoms with Crippen LogP contribution in [0.15, 0.2) is 22.7 Å². The molecule has 24 heavy (non-hydrogen) atoms. The van der Waals surface area contributed by atoms with E-state index in [1.807, 2.05) is 0 Å². The van der Waals surface area contributed by atoms with Crippen LogP contribution in [0, 0.1) is 0 Å². The van der Waals surface area contributed by atoms with Crippen molar-refractivity contribution in [3.63, 3.8) is 0 Å². The maximum atomic E-state index is 12.9. The van der Waals surface area contributed by atoms with Gasteiger partial charge in [-0.1, -0.05) is 5.16 Å². The number of aromatic nitrogens is 2. The van der Waals surface area contributed by atoms with Gasteiger partial charge in [0, 0.05) is 11.4 Å². The largest absolute Gasteiger partial charge is 0.416 e. The summed E-state index contributed by atoms with van der Waals surface area (Å²) in [4.78, 5) is 3.87. The summed E-state index contributed by atoms with van der Waals surface area (Å²) in [6.07, 6.45) is -9.89. The Balaban J connectivity index is 2.58. The van der Waals surface area contributed by atoms with E-state index in [-0.39, 0.29) is 23.7 Å². The summed E-state index contributed by atoms with van der Waals surface area (Å²) in [5.74, 6) is -0.288. The molecular formula is C14H11ClF6N2O. The fraction of sp³-hybridized carbons (Fsp3) is 0.429. The van der Waals surface area contributed by atoms with Gasteiger partial charge in [-0.2, -0.15) is 31.3 Å². The molecule has 10 heteroatoms. The molecular weight excluding hydrogens is 362 g/mol. The third-order valence-electron chi connectivity index (χ3n) is 3.18. The van der Waals surface area contributed by atoms with Crippen molar-refractivity contribution in [2.24, 2.45) is 0 Å². The Labute approximate surface area is 137 Å². The van der Waals surface area contributed by atoms with Crippen LogP contribution in [0.3, 0.4) is 0 Å². The van der Waals surface area contributed by atoms with Gasteiger partial charge in [0.15, 0.2) is 0 Å². The Morgan fingerprint density at radius 3 is 1.88 bits per heavy atom. The molecule has 0 spiro atoms. The topological polar surface area (TPSA) is 38.9 Å². The minimum atomic E-state index is -4.95. The van der Waals surface area contributed by atoms with Crippen molar-refractivity contribution in [2.75, 3.05) is 5.88 Å². The molecule has 2 rings (SSSR count). The van der Waals surface area contributed by atoms with Crippen LogP contribution in [-0.4, -0.2) is 16.0 Å². The second kappa shape index (κ2) is 5.94. The first kappa shape index (κ1) is 18.6. The van der Waals surface area contributed by atoms with Gasteiger partial charge in [-0.15, -0.1) is 11.6 Å². The maximum absolute atomic E-state index is 12.9. The molecule has 0 saturated carbocycles. The average Bonchev–Trinajstić information content (AvgIpc) is 2.95. The molecule has 0 saturated heterocycles. The predicted octanol–water partition coefficient (Wildman–Crippen LogP) is 5.29. The Bertz CT molecular complexity index is 703. The quantitative estimate of drug-likeness (QED) is 0.543. The predicted molar refractivity (Wildman–Crippen MR) is 73.5 cm³/mol. The number of hydrogen-bond donors (Lipinski definition) is 0. The lowest BCUT2D eigenvalue weighted by Crippen LogP contribution is -2.19. The molecule has 1 heterocycles. The number of hydrogen-bond acceptors (Lipinski definition) is 3. The van der Waals surface area contributed by atoms with Gasteiger partial charge in [0.2, 0.25) is 11.7 Å². The molecule has 0 N–H and O–H groups in total. The summed E-state index contributed by atoms with van der Waals surface area (Å²) in [5, 5.41) is 3.47. The molecule has 0 bridgehead atoms. The van der Waals surface area contributed by atoms with E-state index in [1.54, 1.807) is 13.8 Å². The monoisotopic (exact) mass is 372 g/mol. The molecule has 0 unspecified atom stereocenters. The van der Waals surface area contributed by atoms with Gasteiger partial charge in [-0.3, -0.25) is 0 Å². The van der Waals surface area contributed by atoms with E-state index in [9.17, 15) is 26.3 Å². The standard InChI is InChI=1S/C14H11ClF6N2O/c1-12(2,6-15)11-22-10(23-24-11)7-3-8(13(16,17)18)5-9(4-7)14(19,20)21/h3-5H,6H2,1-2H3. The molecule has 132 valence electrons. The highest BCUT2D eigenvalue weighted by atomic mass is 35.5. The van der Waals surface area contributed by atoms with E-state index in [1.165, 1.54) is 0 Å². The van der Waals surface area contributed by atoms with Crippen LogP contribution >= 0.6 is 11.6 Å². The van der Waals surface area contributed by atoms with Crippen molar-refractivity contribution in [3.05, 3.63) is 35.2 Å². The molecule has 0 aliphatic carbocycles. The van der Waals surface area contributed by atoms with E-state index in [2.05, 4.69) is 10.1 Å². The minimum Gasteiger partial charge on any atom is -0.338 e. The van der Waals surface area contributed by atoms with Crippen molar-refractivity contribution < 1.29 is 30.9 Å². The zero-order valence-electron chi connectivity index (χ0n) is 12.4. The Morgan fingerprint density at radius 2 is 1.46 bits per heavy atom. The molecule has 0 aliphatic heterocycles. The lowest BCUT2D eigenvalue weighted by molar-refractivity contribution is -0.143. The third kappa shape index (κ3) is 3.82. The summed E-state index contributed by atoms with van der Waals surface area (Å²) in [6.45, 7) is 3.29. The van der Waals surface area contributed by atoms with Crippen LogP contribution in [-0.2, 0) is 17.8 Å². The van der Waals surface area contributed by atoms with Gasteiger partial charge >= 0.3 is 12.4 Å². The second-order valence-electron chi connectivity index (χ2n) is 5.74. The Kier molecular flexibility index (Phi) is 4.60. The molecule has 0 atom stereocenters. The van der Waals surface area contributed by atoms with E-state index in [0.29, 0.717) is 12.1 Å². The van der Waals surface area contributed by atoms with Gasteiger partial charge in [-0.25, -0.2) is 0 Å². The molecule has 2 aromatic rings. The highest BCUT2D eigenvalue weighted by Gasteiger charge is 2.37. The van der Waals surface area contributed by atoms with Gasteiger partial charge in [-0.05, 0) is 32.0 Å². The zero-order valence-corrected chi connectivity index (χ0v) is 13.1.